The second-order valence-electron chi connectivity index (χ2n) is 6.50. The maximum atomic E-state index is 12.2. The van der Waals surface area contributed by atoms with Crippen LogP contribution in [-0.4, -0.2) is 68.4 Å². The highest BCUT2D eigenvalue weighted by Gasteiger charge is 2.43. The van der Waals surface area contributed by atoms with Crippen LogP contribution in [0, 0.1) is 5.41 Å². The molecule has 1 aliphatic rings. The van der Waals surface area contributed by atoms with Crippen molar-refractivity contribution in [1.82, 2.24) is 4.98 Å². The highest BCUT2D eigenvalue weighted by Crippen LogP contribution is 2.29. The summed E-state index contributed by atoms with van der Waals surface area (Å²) >= 11 is 1.10. The van der Waals surface area contributed by atoms with Gasteiger partial charge in [0.15, 0.2) is 17.1 Å². The summed E-state index contributed by atoms with van der Waals surface area (Å²) in [5.41, 5.74) is -0.535. The van der Waals surface area contributed by atoms with Gasteiger partial charge in [-0.3, -0.25) is 4.79 Å². The second kappa shape index (κ2) is 6.80. The van der Waals surface area contributed by atoms with E-state index in [1.165, 1.54) is 6.20 Å². The van der Waals surface area contributed by atoms with Crippen molar-refractivity contribution in [1.29, 1.82) is 0 Å². The van der Waals surface area contributed by atoms with Crippen LogP contribution < -0.4 is 5.32 Å². The molecule has 0 saturated carbocycles. The molecule has 1 aromatic rings. The zero-order valence-electron chi connectivity index (χ0n) is 13.1. The van der Waals surface area contributed by atoms with Gasteiger partial charge in [0, 0.05) is 5.41 Å². The third-order valence-electron chi connectivity index (χ3n) is 3.57. The van der Waals surface area contributed by atoms with Crippen LogP contribution in [0.1, 0.15) is 30.4 Å². The lowest BCUT2D eigenvalue weighted by Gasteiger charge is -2.40. The minimum absolute atomic E-state index is 0.0585. The lowest BCUT2D eigenvalue weighted by molar-refractivity contribution is -0.221. The Balaban J connectivity index is 2.10. The van der Waals surface area contributed by atoms with Crippen molar-refractivity contribution in [3.05, 3.63) is 11.1 Å². The van der Waals surface area contributed by atoms with Gasteiger partial charge in [0.1, 0.15) is 24.4 Å². The molecule has 0 aliphatic carbocycles. The molecule has 0 bridgehead atoms. The summed E-state index contributed by atoms with van der Waals surface area (Å²) in [6.07, 6.45) is -4.91. The number of rotatable bonds is 4. The van der Waals surface area contributed by atoms with Crippen molar-refractivity contribution in [2.24, 2.45) is 5.41 Å². The first-order chi connectivity index (χ1) is 10.6. The van der Waals surface area contributed by atoms with Gasteiger partial charge < -0.3 is 30.5 Å². The van der Waals surface area contributed by atoms with Crippen LogP contribution in [0.25, 0.3) is 0 Å². The number of nitrogens with zero attached hydrogens (tertiary/aromatic N) is 1. The Morgan fingerprint density at radius 2 is 1.96 bits per heavy atom. The smallest absolute Gasteiger partial charge is 0.185 e. The Bertz CT molecular complexity index is 556. The van der Waals surface area contributed by atoms with E-state index in [1.807, 2.05) is 0 Å². The summed E-state index contributed by atoms with van der Waals surface area (Å²) in [5.74, 6) is -0.0585. The van der Waals surface area contributed by atoms with Gasteiger partial charge in [-0.15, -0.1) is 0 Å². The molecular formula is C14H22N2O6S. The SMILES string of the molecule is CC(C)(C)C(=O)c1cnc(N[C@H]2OC(CO)[C@@H](O)C(O)[C@H]2O)s1. The molecule has 1 aliphatic heterocycles. The first-order valence-electron chi connectivity index (χ1n) is 7.23. The van der Waals surface area contributed by atoms with E-state index in [1.54, 1.807) is 20.8 Å². The second-order valence-corrected chi connectivity index (χ2v) is 7.53. The molecule has 8 nitrogen and oxygen atoms in total. The van der Waals surface area contributed by atoms with Gasteiger partial charge in [-0.2, -0.15) is 0 Å². The minimum Gasteiger partial charge on any atom is -0.394 e. The van der Waals surface area contributed by atoms with Gasteiger partial charge in [-0.1, -0.05) is 32.1 Å². The van der Waals surface area contributed by atoms with Gasteiger partial charge in [-0.05, 0) is 0 Å². The van der Waals surface area contributed by atoms with Gasteiger partial charge in [0.2, 0.25) is 0 Å². The van der Waals surface area contributed by atoms with Crippen LogP contribution in [0.4, 0.5) is 5.13 Å². The molecule has 1 saturated heterocycles. The number of ether oxygens (including phenoxy) is 1. The van der Waals surface area contributed by atoms with Crippen molar-refractivity contribution in [2.45, 2.75) is 51.4 Å². The molecule has 5 N–H and O–H groups in total. The van der Waals surface area contributed by atoms with Crippen LogP contribution in [0.2, 0.25) is 0 Å². The number of aromatic nitrogens is 1. The molecular weight excluding hydrogens is 324 g/mol. The molecule has 2 heterocycles. The summed E-state index contributed by atoms with van der Waals surface area (Å²) in [6.45, 7) is 4.91. The highest BCUT2D eigenvalue weighted by molar-refractivity contribution is 7.17. The Hall–Kier alpha value is -1.10. The maximum absolute atomic E-state index is 12.2. The van der Waals surface area contributed by atoms with Crippen LogP contribution in [-0.2, 0) is 4.74 Å². The first-order valence-corrected chi connectivity index (χ1v) is 8.04. The lowest BCUT2D eigenvalue weighted by atomic mass is 9.90. The number of ketones is 1. The highest BCUT2D eigenvalue weighted by atomic mass is 32.1. The molecule has 9 heteroatoms. The van der Waals surface area contributed by atoms with E-state index >= 15 is 0 Å². The van der Waals surface area contributed by atoms with Crippen molar-refractivity contribution in [3.63, 3.8) is 0 Å². The van der Waals surface area contributed by atoms with E-state index in [9.17, 15) is 20.1 Å². The Morgan fingerprint density at radius 1 is 1.30 bits per heavy atom. The van der Waals surface area contributed by atoms with Gasteiger partial charge in [0.25, 0.3) is 0 Å². The Labute approximate surface area is 137 Å². The number of Topliss-reactive ketones (excluding diaryl/α,β-unsaturated/α-hetero) is 1. The van der Waals surface area contributed by atoms with Crippen LogP contribution in [0.5, 0.6) is 0 Å². The van der Waals surface area contributed by atoms with E-state index in [2.05, 4.69) is 10.3 Å². The molecule has 2 rings (SSSR count). The fraction of sp³-hybridized carbons (Fsp3) is 0.714. The van der Waals surface area contributed by atoms with Crippen LogP contribution >= 0.6 is 11.3 Å². The third-order valence-corrected chi connectivity index (χ3v) is 4.50. The molecule has 1 aromatic heterocycles. The van der Waals surface area contributed by atoms with Crippen molar-refractivity contribution in [2.75, 3.05) is 11.9 Å². The van der Waals surface area contributed by atoms with Crippen molar-refractivity contribution < 1.29 is 30.0 Å². The maximum Gasteiger partial charge on any atom is 0.185 e. The van der Waals surface area contributed by atoms with E-state index in [0.29, 0.717) is 10.0 Å². The number of carbonyl (C=O) groups excluding carboxylic acids is 1. The van der Waals surface area contributed by atoms with Gasteiger partial charge in [0.05, 0.1) is 17.7 Å². The summed E-state index contributed by atoms with van der Waals surface area (Å²) in [5, 5.41) is 41.7. The molecule has 0 aromatic carbocycles. The minimum atomic E-state index is -1.46. The van der Waals surface area contributed by atoms with Crippen molar-refractivity contribution in [3.8, 4) is 0 Å². The monoisotopic (exact) mass is 346 g/mol. The fourth-order valence-electron chi connectivity index (χ4n) is 2.16. The zero-order chi connectivity index (χ0) is 17.4. The lowest BCUT2D eigenvalue weighted by Crippen LogP contribution is -2.60. The first kappa shape index (κ1) is 18.2. The Kier molecular flexibility index (Phi) is 5.39. The number of hydrogen-bond donors (Lipinski definition) is 5. The van der Waals surface area contributed by atoms with E-state index in [-0.39, 0.29) is 5.78 Å². The number of hydrogen-bond acceptors (Lipinski definition) is 9. The largest absolute Gasteiger partial charge is 0.394 e. The summed E-state index contributed by atoms with van der Waals surface area (Å²) < 4.78 is 5.33. The van der Waals surface area contributed by atoms with Crippen molar-refractivity contribution >= 4 is 22.3 Å². The average molecular weight is 346 g/mol. The summed E-state index contributed by atoms with van der Waals surface area (Å²) in [7, 11) is 0. The zero-order valence-corrected chi connectivity index (χ0v) is 13.9. The number of aliphatic hydroxyl groups is 4. The van der Waals surface area contributed by atoms with E-state index in [4.69, 9.17) is 9.84 Å². The third kappa shape index (κ3) is 3.87. The molecule has 0 radical (unpaired) electrons. The van der Waals surface area contributed by atoms with Crippen LogP contribution in [0.15, 0.2) is 6.20 Å². The molecule has 0 amide bonds. The standard InChI is InChI=1S/C14H22N2O6S/c1-14(2,3)11(21)7-4-15-13(23-7)16-12-10(20)9(19)8(18)6(5-17)22-12/h4,6,8-10,12,17-20H,5H2,1-3H3,(H,15,16)/t6?,8-,9?,10-,12+/m1/s1. The predicted octanol–water partition coefficient (Wildman–Crippen LogP) is -0.416. The average Bonchev–Trinajstić information content (AvgIpc) is 2.94. The topological polar surface area (TPSA) is 132 Å². The van der Waals surface area contributed by atoms with Gasteiger partial charge >= 0.3 is 0 Å². The number of anilines is 1. The predicted molar refractivity (Wildman–Crippen MR) is 83.3 cm³/mol. The number of thiazole rings is 1. The molecule has 1 fully saturated rings. The molecule has 2 unspecified atom stereocenters. The normalized spacial score (nSPS) is 31.9. The molecule has 130 valence electrons. The van der Waals surface area contributed by atoms with Crippen LogP contribution in [0.3, 0.4) is 0 Å². The molecule has 23 heavy (non-hydrogen) atoms. The Morgan fingerprint density at radius 3 is 2.52 bits per heavy atom. The van der Waals surface area contributed by atoms with E-state index < -0.39 is 42.7 Å². The van der Waals surface area contributed by atoms with Gasteiger partial charge in [-0.25, -0.2) is 4.98 Å². The number of carbonyl (C=O) groups is 1. The number of aliphatic hydroxyl groups excluding tert-OH is 4. The summed E-state index contributed by atoms with van der Waals surface area (Å²) in [6, 6.07) is 0. The van der Waals surface area contributed by atoms with E-state index in [0.717, 1.165) is 11.3 Å². The fourth-order valence-corrected chi connectivity index (χ4v) is 3.15. The molecule has 0 spiro atoms. The summed E-state index contributed by atoms with van der Waals surface area (Å²) in [4.78, 5) is 16.7. The quantitative estimate of drug-likeness (QED) is 0.465. The number of nitrogens with one attached hydrogen (secondary N) is 1. The molecule has 5 atom stereocenters.